The molecule has 0 aromatic carbocycles. The largest absolute Gasteiger partial charge is 0.436 e. The van der Waals surface area contributed by atoms with Crippen LogP contribution in [0.3, 0.4) is 0 Å². The summed E-state index contributed by atoms with van der Waals surface area (Å²) in [4.78, 5) is 10.8. The standard InChI is InChI=1S/C9H16Cl2O3/c1-3-9(12)14-7(2)13-6-8(11)4-5-10/h7-8H,3-6H2,1-2H3. The van der Waals surface area contributed by atoms with Crippen LogP contribution in [0.25, 0.3) is 0 Å². The van der Waals surface area contributed by atoms with Crippen molar-refractivity contribution in [1.82, 2.24) is 0 Å². The highest BCUT2D eigenvalue weighted by Crippen LogP contribution is 2.06. The lowest BCUT2D eigenvalue weighted by atomic mass is 10.3. The van der Waals surface area contributed by atoms with Gasteiger partial charge in [0, 0.05) is 12.3 Å². The number of esters is 1. The van der Waals surface area contributed by atoms with Crippen LogP contribution in [0.2, 0.25) is 0 Å². The Balaban J connectivity index is 3.52. The zero-order chi connectivity index (χ0) is 11.0. The second kappa shape index (κ2) is 8.33. The average Bonchev–Trinajstić information content (AvgIpc) is 2.15. The molecule has 0 fully saturated rings. The number of carbonyl (C=O) groups excluding carboxylic acids is 1. The molecule has 5 heteroatoms. The van der Waals surface area contributed by atoms with Crippen molar-refractivity contribution in [3.63, 3.8) is 0 Å². The molecule has 2 atom stereocenters. The van der Waals surface area contributed by atoms with Crippen molar-refractivity contribution in [2.45, 2.75) is 38.4 Å². The van der Waals surface area contributed by atoms with E-state index in [1.54, 1.807) is 13.8 Å². The smallest absolute Gasteiger partial charge is 0.307 e. The van der Waals surface area contributed by atoms with Crippen LogP contribution < -0.4 is 0 Å². The van der Waals surface area contributed by atoms with E-state index < -0.39 is 6.29 Å². The molecule has 2 unspecified atom stereocenters. The predicted octanol–water partition coefficient (Wildman–Crippen LogP) is 2.54. The fraction of sp³-hybridized carbons (Fsp3) is 0.889. The molecule has 14 heavy (non-hydrogen) atoms. The number of hydrogen-bond acceptors (Lipinski definition) is 3. The number of carbonyl (C=O) groups is 1. The molecule has 0 bridgehead atoms. The predicted molar refractivity (Wildman–Crippen MR) is 56.8 cm³/mol. The molecular weight excluding hydrogens is 227 g/mol. The summed E-state index contributed by atoms with van der Waals surface area (Å²) in [6.45, 7) is 3.73. The lowest BCUT2D eigenvalue weighted by Gasteiger charge is -2.15. The van der Waals surface area contributed by atoms with Gasteiger partial charge in [-0.1, -0.05) is 6.92 Å². The highest BCUT2D eigenvalue weighted by atomic mass is 35.5. The molecule has 0 aliphatic carbocycles. The van der Waals surface area contributed by atoms with Gasteiger partial charge in [-0.15, -0.1) is 23.2 Å². The Morgan fingerprint density at radius 1 is 1.50 bits per heavy atom. The van der Waals surface area contributed by atoms with E-state index >= 15 is 0 Å². The van der Waals surface area contributed by atoms with Crippen LogP contribution in [0.5, 0.6) is 0 Å². The average molecular weight is 243 g/mol. The number of alkyl halides is 2. The molecule has 3 nitrogen and oxygen atoms in total. The Bertz CT molecular complexity index is 164. The molecule has 0 aliphatic heterocycles. The first kappa shape index (κ1) is 14.0. The molecule has 0 aromatic rings. The molecule has 0 spiro atoms. The quantitative estimate of drug-likeness (QED) is 0.391. The van der Waals surface area contributed by atoms with Crippen molar-refractivity contribution in [1.29, 1.82) is 0 Å². The number of ether oxygens (including phenoxy) is 2. The van der Waals surface area contributed by atoms with Crippen molar-refractivity contribution < 1.29 is 14.3 Å². The van der Waals surface area contributed by atoms with Crippen LogP contribution in [0.15, 0.2) is 0 Å². The normalized spacial score (nSPS) is 14.9. The molecule has 0 N–H and O–H groups in total. The summed E-state index contributed by atoms with van der Waals surface area (Å²) in [6, 6.07) is 0. The van der Waals surface area contributed by atoms with Gasteiger partial charge in [0.2, 0.25) is 0 Å². The second-order valence-corrected chi connectivity index (χ2v) is 3.81. The third-order valence-corrected chi connectivity index (χ3v) is 2.08. The van der Waals surface area contributed by atoms with Gasteiger partial charge in [0.25, 0.3) is 0 Å². The molecule has 0 aromatic heterocycles. The van der Waals surface area contributed by atoms with Crippen molar-refractivity contribution >= 4 is 29.2 Å². The van der Waals surface area contributed by atoms with Gasteiger partial charge in [-0.05, 0) is 13.3 Å². The van der Waals surface area contributed by atoms with Gasteiger partial charge >= 0.3 is 5.97 Å². The van der Waals surface area contributed by atoms with Gasteiger partial charge in [-0.2, -0.15) is 0 Å². The fourth-order valence-corrected chi connectivity index (χ4v) is 1.30. The third-order valence-electron chi connectivity index (χ3n) is 1.52. The third kappa shape index (κ3) is 7.42. The van der Waals surface area contributed by atoms with Crippen LogP contribution in [0.4, 0.5) is 0 Å². The summed E-state index contributed by atoms with van der Waals surface area (Å²) in [5, 5.41) is -0.129. The Morgan fingerprint density at radius 3 is 2.64 bits per heavy atom. The molecule has 0 amide bonds. The van der Waals surface area contributed by atoms with E-state index in [2.05, 4.69) is 0 Å². The maximum atomic E-state index is 10.8. The van der Waals surface area contributed by atoms with E-state index in [9.17, 15) is 4.79 Å². The van der Waals surface area contributed by atoms with Crippen LogP contribution in [0, 0.1) is 0 Å². The second-order valence-electron chi connectivity index (χ2n) is 2.82. The van der Waals surface area contributed by atoms with E-state index in [4.69, 9.17) is 32.7 Å². The van der Waals surface area contributed by atoms with E-state index in [1.165, 1.54) is 0 Å². The molecule has 0 heterocycles. The summed E-state index contributed by atoms with van der Waals surface area (Å²) in [7, 11) is 0. The summed E-state index contributed by atoms with van der Waals surface area (Å²) in [5.41, 5.74) is 0. The molecular formula is C9H16Cl2O3. The van der Waals surface area contributed by atoms with E-state index in [1.807, 2.05) is 0 Å². The van der Waals surface area contributed by atoms with Crippen molar-refractivity contribution in [2.24, 2.45) is 0 Å². The molecule has 0 radical (unpaired) electrons. The lowest BCUT2D eigenvalue weighted by molar-refractivity contribution is -0.174. The fourth-order valence-electron chi connectivity index (χ4n) is 0.744. The van der Waals surface area contributed by atoms with E-state index in [0.717, 1.165) is 0 Å². The Labute approximate surface area is 94.7 Å². The van der Waals surface area contributed by atoms with E-state index in [0.29, 0.717) is 25.3 Å². The SMILES string of the molecule is CCC(=O)OC(C)OCC(Cl)CCCl. The van der Waals surface area contributed by atoms with E-state index in [-0.39, 0.29) is 11.3 Å². The maximum Gasteiger partial charge on any atom is 0.307 e. The Hall–Kier alpha value is 0.01000. The first-order valence-electron chi connectivity index (χ1n) is 4.61. The summed E-state index contributed by atoms with van der Waals surface area (Å²) >= 11 is 11.3. The number of rotatable bonds is 7. The Kier molecular flexibility index (Phi) is 8.34. The molecule has 84 valence electrons. The first-order valence-corrected chi connectivity index (χ1v) is 5.58. The molecule has 0 saturated carbocycles. The highest BCUT2D eigenvalue weighted by Gasteiger charge is 2.10. The zero-order valence-corrected chi connectivity index (χ0v) is 9.98. The summed E-state index contributed by atoms with van der Waals surface area (Å²) in [5.74, 6) is 0.224. The van der Waals surface area contributed by atoms with Crippen LogP contribution in [-0.4, -0.2) is 30.1 Å². The number of hydrogen-bond donors (Lipinski definition) is 0. The Morgan fingerprint density at radius 2 is 2.14 bits per heavy atom. The molecule has 0 saturated heterocycles. The van der Waals surface area contributed by atoms with Gasteiger partial charge in [-0.25, -0.2) is 0 Å². The topological polar surface area (TPSA) is 35.5 Å². The summed E-state index contributed by atoms with van der Waals surface area (Å²) < 4.78 is 10.1. The van der Waals surface area contributed by atoms with Crippen LogP contribution in [0.1, 0.15) is 26.7 Å². The number of halogens is 2. The van der Waals surface area contributed by atoms with Gasteiger partial charge < -0.3 is 9.47 Å². The monoisotopic (exact) mass is 242 g/mol. The van der Waals surface area contributed by atoms with Crippen molar-refractivity contribution in [3.05, 3.63) is 0 Å². The maximum absolute atomic E-state index is 10.8. The van der Waals surface area contributed by atoms with Crippen LogP contribution >= 0.6 is 23.2 Å². The van der Waals surface area contributed by atoms with Gasteiger partial charge in [-0.3, -0.25) is 4.79 Å². The zero-order valence-electron chi connectivity index (χ0n) is 8.46. The molecule has 0 aliphatic rings. The van der Waals surface area contributed by atoms with Gasteiger partial charge in [0.1, 0.15) is 0 Å². The minimum Gasteiger partial charge on any atom is -0.436 e. The summed E-state index contributed by atoms with van der Waals surface area (Å²) in [6.07, 6.45) is 0.482. The van der Waals surface area contributed by atoms with Crippen LogP contribution in [-0.2, 0) is 14.3 Å². The van der Waals surface area contributed by atoms with Gasteiger partial charge in [0.15, 0.2) is 6.29 Å². The minimum absolute atomic E-state index is 0.129. The highest BCUT2D eigenvalue weighted by molar-refractivity contribution is 6.22. The molecule has 0 rings (SSSR count). The first-order chi connectivity index (χ1) is 6.60. The van der Waals surface area contributed by atoms with Crippen molar-refractivity contribution in [2.75, 3.05) is 12.5 Å². The van der Waals surface area contributed by atoms with Gasteiger partial charge in [0.05, 0.1) is 12.0 Å². The lowest BCUT2D eigenvalue weighted by Crippen LogP contribution is -2.21. The van der Waals surface area contributed by atoms with Crippen molar-refractivity contribution in [3.8, 4) is 0 Å². The minimum atomic E-state index is -0.543.